The first kappa shape index (κ1) is 10.9. The van der Waals surface area contributed by atoms with Gasteiger partial charge in [-0.2, -0.15) is 0 Å². The summed E-state index contributed by atoms with van der Waals surface area (Å²) in [6.07, 6.45) is 2.60. The van der Waals surface area contributed by atoms with Gasteiger partial charge in [-0.15, -0.1) is 0 Å². The second kappa shape index (κ2) is 8.02. The number of ether oxygens (including phenoxy) is 2. The average molecular weight is 159 g/mol. The van der Waals surface area contributed by atoms with E-state index in [1.165, 1.54) is 6.42 Å². The maximum absolute atomic E-state index is 5.24. The van der Waals surface area contributed by atoms with E-state index in [0.29, 0.717) is 12.7 Å². The fourth-order valence-corrected chi connectivity index (χ4v) is 0.591. The Morgan fingerprint density at radius 1 is 1.36 bits per heavy atom. The van der Waals surface area contributed by atoms with Gasteiger partial charge in [0.2, 0.25) is 0 Å². The summed E-state index contributed by atoms with van der Waals surface area (Å²) in [7, 11) is 0. The topological polar surface area (TPSA) is 18.5 Å². The second-order valence-corrected chi connectivity index (χ2v) is 2.77. The number of rotatable bonds is 7. The van der Waals surface area contributed by atoms with Crippen LogP contribution in [0.5, 0.6) is 0 Å². The summed E-state index contributed by atoms with van der Waals surface area (Å²) in [5.74, 6) is 0. The molecule has 0 spiro atoms. The molecule has 0 aromatic heterocycles. The Bertz CT molecular complexity index is 72.0. The first-order valence-corrected chi connectivity index (χ1v) is 4.32. The standard InChI is InChI=1S/C9H19O2/c1-4-5-6-10-7-8-11-9(2)3/h7,9H,4-6,8H2,1-3H3. The van der Waals surface area contributed by atoms with Gasteiger partial charge in [0.25, 0.3) is 0 Å². The minimum atomic E-state index is 0.293. The highest BCUT2D eigenvalue weighted by Gasteiger charge is 1.92. The Morgan fingerprint density at radius 3 is 2.64 bits per heavy atom. The SMILES string of the molecule is CCCCO[CH]COC(C)C. The molecule has 0 saturated carbocycles. The van der Waals surface area contributed by atoms with Gasteiger partial charge in [-0.25, -0.2) is 0 Å². The predicted molar refractivity (Wildman–Crippen MR) is 46.2 cm³/mol. The van der Waals surface area contributed by atoms with E-state index in [0.717, 1.165) is 13.0 Å². The lowest BCUT2D eigenvalue weighted by atomic mass is 10.4. The van der Waals surface area contributed by atoms with Gasteiger partial charge in [-0.05, 0) is 20.3 Å². The molecule has 1 radical (unpaired) electrons. The molecule has 0 atom stereocenters. The van der Waals surface area contributed by atoms with Crippen molar-refractivity contribution in [3.05, 3.63) is 6.61 Å². The van der Waals surface area contributed by atoms with Crippen LogP contribution in [0.15, 0.2) is 0 Å². The van der Waals surface area contributed by atoms with Crippen molar-refractivity contribution < 1.29 is 9.47 Å². The van der Waals surface area contributed by atoms with Gasteiger partial charge in [0, 0.05) is 6.61 Å². The lowest BCUT2D eigenvalue weighted by Gasteiger charge is -2.06. The molecule has 0 aromatic rings. The van der Waals surface area contributed by atoms with Crippen LogP contribution in [0.3, 0.4) is 0 Å². The van der Waals surface area contributed by atoms with Gasteiger partial charge in [0.1, 0.15) is 6.61 Å². The highest BCUT2D eigenvalue weighted by Crippen LogP contribution is 1.93. The molecule has 2 heteroatoms. The summed E-state index contributed by atoms with van der Waals surface area (Å²) in [5.41, 5.74) is 0. The molecule has 0 unspecified atom stereocenters. The van der Waals surface area contributed by atoms with Gasteiger partial charge >= 0.3 is 0 Å². The lowest BCUT2D eigenvalue weighted by Crippen LogP contribution is -2.06. The lowest BCUT2D eigenvalue weighted by molar-refractivity contribution is 0.0527. The van der Waals surface area contributed by atoms with Crippen molar-refractivity contribution in [2.24, 2.45) is 0 Å². The summed E-state index contributed by atoms with van der Waals surface area (Å²) in [5, 5.41) is 0. The fraction of sp³-hybridized carbons (Fsp3) is 0.889. The van der Waals surface area contributed by atoms with Crippen LogP contribution in [0.4, 0.5) is 0 Å². The molecule has 0 fully saturated rings. The van der Waals surface area contributed by atoms with Gasteiger partial charge in [-0.1, -0.05) is 13.3 Å². The Balaban J connectivity index is 2.80. The van der Waals surface area contributed by atoms with E-state index in [9.17, 15) is 0 Å². The van der Waals surface area contributed by atoms with Crippen molar-refractivity contribution in [3.63, 3.8) is 0 Å². The molecule has 0 aliphatic heterocycles. The second-order valence-electron chi connectivity index (χ2n) is 2.77. The third-order valence-electron chi connectivity index (χ3n) is 1.23. The third-order valence-corrected chi connectivity index (χ3v) is 1.23. The summed E-state index contributed by atoms with van der Waals surface area (Å²) in [6.45, 7) is 9.32. The first-order valence-electron chi connectivity index (χ1n) is 4.32. The van der Waals surface area contributed by atoms with Crippen molar-refractivity contribution in [1.29, 1.82) is 0 Å². The molecular weight excluding hydrogens is 140 g/mol. The number of hydrogen-bond acceptors (Lipinski definition) is 2. The number of hydrogen-bond donors (Lipinski definition) is 0. The summed E-state index contributed by atoms with van der Waals surface area (Å²) >= 11 is 0. The number of unbranched alkanes of at least 4 members (excludes halogenated alkanes) is 1. The van der Waals surface area contributed by atoms with E-state index in [-0.39, 0.29) is 0 Å². The molecule has 0 aliphatic carbocycles. The van der Waals surface area contributed by atoms with Crippen LogP contribution >= 0.6 is 0 Å². The first-order chi connectivity index (χ1) is 5.27. The van der Waals surface area contributed by atoms with E-state index in [4.69, 9.17) is 9.47 Å². The summed E-state index contributed by atoms with van der Waals surface area (Å²) in [4.78, 5) is 0. The fourth-order valence-electron chi connectivity index (χ4n) is 0.591. The molecule has 2 nitrogen and oxygen atoms in total. The van der Waals surface area contributed by atoms with Gasteiger partial charge in [-0.3, -0.25) is 0 Å². The largest absolute Gasteiger partial charge is 0.376 e. The molecule has 0 heterocycles. The summed E-state index contributed by atoms with van der Waals surface area (Å²) in [6, 6.07) is 0. The van der Waals surface area contributed by atoms with Crippen LogP contribution in [0.1, 0.15) is 33.6 Å². The molecule has 11 heavy (non-hydrogen) atoms. The zero-order chi connectivity index (χ0) is 8.53. The van der Waals surface area contributed by atoms with Crippen molar-refractivity contribution in [2.45, 2.75) is 39.7 Å². The van der Waals surface area contributed by atoms with E-state index >= 15 is 0 Å². The Labute approximate surface area is 69.9 Å². The van der Waals surface area contributed by atoms with Crippen LogP contribution in [0, 0.1) is 6.61 Å². The highest BCUT2D eigenvalue weighted by molar-refractivity contribution is 4.48. The maximum atomic E-state index is 5.24. The Hall–Kier alpha value is -0.0800. The minimum Gasteiger partial charge on any atom is -0.376 e. The molecule has 0 bridgehead atoms. The molecule has 0 saturated heterocycles. The minimum absolute atomic E-state index is 0.293. The van der Waals surface area contributed by atoms with Crippen LogP contribution in [-0.4, -0.2) is 19.3 Å². The molecule has 0 rings (SSSR count). The van der Waals surface area contributed by atoms with E-state index < -0.39 is 0 Å². The van der Waals surface area contributed by atoms with E-state index in [2.05, 4.69) is 6.92 Å². The van der Waals surface area contributed by atoms with Crippen molar-refractivity contribution in [1.82, 2.24) is 0 Å². The molecule has 0 aliphatic rings. The van der Waals surface area contributed by atoms with Crippen LogP contribution in [-0.2, 0) is 9.47 Å². The normalized spacial score (nSPS) is 10.9. The van der Waals surface area contributed by atoms with E-state index in [1.54, 1.807) is 6.61 Å². The molecular formula is C9H19O2. The quantitative estimate of drug-likeness (QED) is 0.531. The van der Waals surface area contributed by atoms with E-state index in [1.807, 2.05) is 13.8 Å². The van der Waals surface area contributed by atoms with Gasteiger partial charge < -0.3 is 9.47 Å². The predicted octanol–water partition coefficient (Wildman–Crippen LogP) is 2.39. The summed E-state index contributed by atoms with van der Waals surface area (Å²) < 4.78 is 10.4. The van der Waals surface area contributed by atoms with Gasteiger partial charge in [0.05, 0.1) is 12.7 Å². The van der Waals surface area contributed by atoms with Gasteiger partial charge in [0.15, 0.2) is 0 Å². The van der Waals surface area contributed by atoms with Crippen LogP contribution in [0.2, 0.25) is 0 Å². The average Bonchev–Trinajstić information content (AvgIpc) is 1.96. The smallest absolute Gasteiger partial charge is 0.109 e. The molecule has 67 valence electrons. The van der Waals surface area contributed by atoms with Crippen LogP contribution in [0.25, 0.3) is 0 Å². The molecule has 0 N–H and O–H groups in total. The van der Waals surface area contributed by atoms with Crippen molar-refractivity contribution in [2.75, 3.05) is 13.2 Å². The zero-order valence-electron chi connectivity index (χ0n) is 7.80. The Kier molecular flexibility index (Phi) is 7.96. The van der Waals surface area contributed by atoms with Crippen molar-refractivity contribution in [3.8, 4) is 0 Å². The molecule has 0 aromatic carbocycles. The van der Waals surface area contributed by atoms with Crippen LogP contribution < -0.4 is 0 Å². The highest BCUT2D eigenvalue weighted by atomic mass is 16.5. The maximum Gasteiger partial charge on any atom is 0.109 e. The zero-order valence-corrected chi connectivity index (χ0v) is 7.80. The molecule has 0 amide bonds. The third kappa shape index (κ3) is 9.92. The van der Waals surface area contributed by atoms with Crippen molar-refractivity contribution >= 4 is 0 Å². The Morgan fingerprint density at radius 2 is 2.09 bits per heavy atom. The monoisotopic (exact) mass is 159 g/mol.